The van der Waals surface area contributed by atoms with E-state index in [0.29, 0.717) is 18.3 Å². The maximum Gasteiger partial charge on any atom is 0.322 e. The number of amides is 2. The molecule has 1 aliphatic rings. The number of nitrogens with one attached hydrogen (secondary N) is 1. The number of likely N-dealkylation sites (tertiary alicyclic amines) is 1. The first kappa shape index (κ1) is 18.2. The Morgan fingerprint density at radius 2 is 1.93 bits per heavy atom. The molecule has 1 fully saturated rings. The largest absolute Gasteiger partial charge is 0.337 e. The SMILES string of the molecule is Cc1ccc(NC(=O)N2CCCCC2c2nc(-c3cccc(C)c3)no2)cc1. The molecule has 0 aliphatic carbocycles. The van der Waals surface area contributed by atoms with Gasteiger partial charge in [-0.2, -0.15) is 4.98 Å². The van der Waals surface area contributed by atoms with Crippen LogP contribution in [0.5, 0.6) is 0 Å². The van der Waals surface area contributed by atoms with E-state index in [-0.39, 0.29) is 12.1 Å². The van der Waals surface area contributed by atoms with E-state index in [1.54, 1.807) is 4.90 Å². The predicted molar refractivity (Wildman–Crippen MR) is 108 cm³/mol. The zero-order valence-corrected chi connectivity index (χ0v) is 16.2. The third-order valence-electron chi connectivity index (χ3n) is 5.07. The maximum absolute atomic E-state index is 12.9. The molecule has 0 radical (unpaired) electrons. The molecule has 1 aliphatic heterocycles. The summed E-state index contributed by atoms with van der Waals surface area (Å²) in [5, 5.41) is 7.13. The number of piperidine rings is 1. The standard InChI is InChI=1S/C22H24N4O2/c1-15-9-11-18(12-10-15)23-22(27)26-13-4-3-8-19(26)21-24-20(25-28-21)17-7-5-6-16(2)14-17/h5-7,9-12,14,19H,3-4,8,13H2,1-2H3,(H,23,27). The van der Waals surface area contributed by atoms with Crippen molar-refractivity contribution >= 4 is 11.7 Å². The third-order valence-corrected chi connectivity index (χ3v) is 5.07. The van der Waals surface area contributed by atoms with Crippen LogP contribution in [0.1, 0.15) is 42.3 Å². The average Bonchev–Trinajstić information content (AvgIpc) is 3.20. The average molecular weight is 376 g/mol. The number of carbonyl (C=O) groups is 1. The summed E-state index contributed by atoms with van der Waals surface area (Å²) in [6.45, 7) is 4.72. The van der Waals surface area contributed by atoms with Gasteiger partial charge in [-0.3, -0.25) is 0 Å². The Kier molecular flexibility index (Phi) is 5.10. The molecular formula is C22H24N4O2. The van der Waals surface area contributed by atoms with Crippen LogP contribution in [0.4, 0.5) is 10.5 Å². The van der Waals surface area contributed by atoms with Crippen LogP contribution in [0.25, 0.3) is 11.4 Å². The molecule has 1 saturated heterocycles. The van der Waals surface area contributed by atoms with E-state index < -0.39 is 0 Å². The fourth-order valence-corrected chi connectivity index (χ4v) is 3.54. The summed E-state index contributed by atoms with van der Waals surface area (Å²) in [5.74, 6) is 1.05. The third kappa shape index (κ3) is 3.91. The number of nitrogens with zero attached hydrogens (tertiary/aromatic N) is 3. The van der Waals surface area contributed by atoms with Crippen molar-refractivity contribution in [3.05, 3.63) is 65.5 Å². The van der Waals surface area contributed by atoms with Crippen LogP contribution in [0, 0.1) is 13.8 Å². The van der Waals surface area contributed by atoms with E-state index in [1.807, 2.05) is 62.4 Å². The molecule has 0 saturated carbocycles. The fourth-order valence-electron chi connectivity index (χ4n) is 3.54. The summed E-state index contributed by atoms with van der Waals surface area (Å²) in [6.07, 6.45) is 2.81. The molecule has 28 heavy (non-hydrogen) atoms. The molecule has 1 atom stereocenters. The summed E-state index contributed by atoms with van der Waals surface area (Å²) in [7, 11) is 0. The number of urea groups is 1. The van der Waals surface area contributed by atoms with E-state index >= 15 is 0 Å². The van der Waals surface area contributed by atoms with E-state index in [4.69, 9.17) is 4.52 Å². The Hall–Kier alpha value is -3.15. The second kappa shape index (κ2) is 7.84. The van der Waals surface area contributed by atoms with Crippen LogP contribution in [0.3, 0.4) is 0 Å². The van der Waals surface area contributed by atoms with Crippen LogP contribution < -0.4 is 5.32 Å². The number of benzene rings is 2. The fraction of sp³-hybridized carbons (Fsp3) is 0.318. The van der Waals surface area contributed by atoms with Crippen molar-refractivity contribution < 1.29 is 9.32 Å². The summed E-state index contributed by atoms with van der Waals surface area (Å²) < 4.78 is 5.56. The van der Waals surface area contributed by atoms with E-state index in [2.05, 4.69) is 15.5 Å². The van der Waals surface area contributed by atoms with Gasteiger partial charge < -0.3 is 14.7 Å². The Labute approximate surface area is 164 Å². The number of hydrogen-bond donors (Lipinski definition) is 1. The zero-order valence-electron chi connectivity index (χ0n) is 16.2. The minimum atomic E-state index is -0.203. The van der Waals surface area contributed by atoms with Crippen molar-refractivity contribution in [2.24, 2.45) is 0 Å². The first-order chi connectivity index (χ1) is 13.6. The van der Waals surface area contributed by atoms with Gasteiger partial charge in [0.25, 0.3) is 0 Å². The molecule has 4 rings (SSSR count). The van der Waals surface area contributed by atoms with Gasteiger partial charge in [0.1, 0.15) is 6.04 Å². The number of rotatable bonds is 3. The van der Waals surface area contributed by atoms with Gasteiger partial charge in [-0.1, -0.05) is 46.6 Å². The number of carbonyl (C=O) groups excluding carboxylic acids is 1. The zero-order chi connectivity index (χ0) is 19.5. The summed E-state index contributed by atoms with van der Waals surface area (Å²) in [6, 6.07) is 15.4. The molecule has 2 heterocycles. The van der Waals surface area contributed by atoms with Gasteiger partial charge in [0, 0.05) is 17.8 Å². The van der Waals surface area contributed by atoms with Crippen molar-refractivity contribution in [3.8, 4) is 11.4 Å². The number of aromatic nitrogens is 2. The molecule has 0 spiro atoms. The van der Waals surface area contributed by atoms with Crippen LogP contribution >= 0.6 is 0 Å². The smallest absolute Gasteiger partial charge is 0.322 e. The lowest BCUT2D eigenvalue weighted by atomic mass is 10.0. The van der Waals surface area contributed by atoms with Gasteiger partial charge in [-0.25, -0.2) is 4.79 Å². The molecule has 6 nitrogen and oxygen atoms in total. The van der Waals surface area contributed by atoms with Gasteiger partial charge in [-0.15, -0.1) is 0 Å². The monoisotopic (exact) mass is 376 g/mol. The van der Waals surface area contributed by atoms with Crippen molar-refractivity contribution in [1.29, 1.82) is 0 Å². The Morgan fingerprint density at radius 3 is 2.71 bits per heavy atom. The molecular weight excluding hydrogens is 352 g/mol. The minimum absolute atomic E-state index is 0.135. The molecule has 144 valence electrons. The lowest BCUT2D eigenvalue weighted by Crippen LogP contribution is -2.41. The number of anilines is 1. The highest BCUT2D eigenvalue weighted by molar-refractivity contribution is 5.89. The molecule has 6 heteroatoms. The van der Waals surface area contributed by atoms with Gasteiger partial charge in [0.05, 0.1) is 0 Å². The highest BCUT2D eigenvalue weighted by Gasteiger charge is 2.32. The van der Waals surface area contributed by atoms with Gasteiger partial charge in [0.15, 0.2) is 0 Å². The molecule has 0 bridgehead atoms. The maximum atomic E-state index is 12.9. The van der Waals surface area contributed by atoms with Crippen molar-refractivity contribution in [2.75, 3.05) is 11.9 Å². The summed E-state index contributed by atoms with van der Waals surface area (Å²) >= 11 is 0. The number of hydrogen-bond acceptors (Lipinski definition) is 4. The molecule has 1 aromatic heterocycles. The highest BCUT2D eigenvalue weighted by atomic mass is 16.5. The van der Waals surface area contributed by atoms with E-state index in [0.717, 1.165) is 41.6 Å². The van der Waals surface area contributed by atoms with E-state index in [1.165, 1.54) is 0 Å². The van der Waals surface area contributed by atoms with Crippen LogP contribution in [-0.4, -0.2) is 27.6 Å². The molecule has 2 amide bonds. The second-order valence-corrected chi connectivity index (χ2v) is 7.33. The first-order valence-electron chi connectivity index (χ1n) is 9.65. The Bertz CT molecular complexity index is 965. The number of aryl methyl sites for hydroxylation is 2. The van der Waals surface area contributed by atoms with E-state index in [9.17, 15) is 4.79 Å². The van der Waals surface area contributed by atoms with Crippen molar-refractivity contribution in [3.63, 3.8) is 0 Å². The predicted octanol–water partition coefficient (Wildman–Crippen LogP) is 5.11. The van der Waals surface area contributed by atoms with Crippen LogP contribution in [0.15, 0.2) is 53.1 Å². The normalized spacial score (nSPS) is 16.8. The van der Waals surface area contributed by atoms with Crippen LogP contribution in [-0.2, 0) is 0 Å². The van der Waals surface area contributed by atoms with Crippen molar-refractivity contribution in [2.45, 2.75) is 39.2 Å². The quantitative estimate of drug-likeness (QED) is 0.689. The molecule has 1 N–H and O–H groups in total. The van der Waals surface area contributed by atoms with Gasteiger partial charge in [-0.05, 0) is 51.3 Å². The minimum Gasteiger partial charge on any atom is -0.337 e. The molecule has 3 aromatic rings. The lowest BCUT2D eigenvalue weighted by molar-refractivity contribution is 0.142. The van der Waals surface area contributed by atoms with Crippen LogP contribution in [0.2, 0.25) is 0 Å². The lowest BCUT2D eigenvalue weighted by Gasteiger charge is -2.33. The Balaban J connectivity index is 1.54. The second-order valence-electron chi connectivity index (χ2n) is 7.33. The molecule has 1 unspecified atom stereocenters. The van der Waals surface area contributed by atoms with Gasteiger partial charge in [0.2, 0.25) is 11.7 Å². The molecule has 2 aromatic carbocycles. The first-order valence-corrected chi connectivity index (χ1v) is 9.65. The summed E-state index contributed by atoms with van der Waals surface area (Å²) in [5.41, 5.74) is 4.00. The highest BCUT2D eigenvalue weighted by Crippen LogP contribution is 2.31. The van der Waals surface area contributed by atoms with Crippen molar-refractivity contribution in [1.82, 2.24) is 15.0 Å². The Morgan fingerprint density at radius 1 is 1.11 bits per heavy atom. The van der Waals surface area contributed by atoms with Gasteiger partial charge >= 0.3 is 6.03 Å². The summed E-state index contributed by atoms with van der Waals surface area (Å²) in [4.78, 5) is 19.3. The topological polar surface area (TPSA) is 71.3 Å².